The van der Waals surface area contributed by atoms with Gasteiger partial charge in [0, 0.05) is 48.6 Å². The van der Waals surface area contributed by atoms with Crippen molar-refractivity contribution >= 4 is 62.0 Å². The third kappa shape index (κ3) is 6.00. The number of anilines is 3. The van der Waals surface area contributed by atoms with Crippen LogP contribution in [-0.4, -0.2) is 26.2 Å². The van der Waals surface area contributed by atoms with Crippen LogP contribution >= 0.6 is 0 Å². The van der Waals surface area contributed by atoms with E-state index in [1.807, 2.05) is 83.8 Å². The molecule has 2 aliphatic heterocycles. The van der Waals surface area contributed by atoms with Crippen molar-refractivity contribution in [3.8, 4) is 62.5 Å². The smallest absolute Gasteiger partial charge is 0.256 e. The Bertz CT molecular complexity index is 4400. The summed E-state index contributed by atoms with van der Waals surface area (Å²) in [5.74, 6) is 1.33. The van der Waals surface area contributed by atoms with Gasteiger partial charge in [-0.25, -0.2) is 15.0 Å². The van der Waals surface area contributed by atoms with E-state index in [0.717, 1.165) is 0 Å². The molecule has 2 aromatic heterocycles. The highest BCUT2D eigenvalue weighted by molar-refractivity contribution is 6.99. The van der Waals surface area contributed by atoms with Crippen LogP contribution in [0.15, 0.2) is 212 Å². The van der Waals surface area contributed by atoms with Gasteiger partial charge < -0.3 is 14.2 Å². The molecule has 0 spiro atoms. The molecule has 0 bridgehead atoms. The minimum absolute atomic E-state index is 0.0714. The highest BCUT2D eigenvalue weighted by atomic mass is 16.5. The summed E-state index contributed by atoms with van der Waals surface area (Å²) >= 11 is 0. The number of nitrogens with zero attached hydrogens (tertiary/aromatic N) is 5. The van der Waals surface area contributed by atoms with Crippen LogP contribution in [0.4, 0.5) is 17.1 Å². The largest absolute Gasteiger partial charge is 0.458 e. The summed E-state index contributed by atoms with van der Waals surface area (Å²) in [6, 6.07) is 32.4. The molecule has 9 aromatic carbocycles. The van der Waals surface area contributed by atoms with Gasteiger partial charge >= 0.3 is 0 Å². The average molecular weight is 848 g/mol. The summed E-state index contributed by atoms with van der Waals surface area (Å²) in [5.41, 5.74) is 4.79. The van der Waals surface area contributed by atoms with Crippen LogP contribution in [0.25, 0.3) is 72.8 Å². The lowest BCUT2D eigenvalue weighted by atomic mass is 9.34. The van der Waals surface area contributed by atoms with Gasteiger partial charge in [0.25, 0.3) is 6.71 Å². The molecule has 0 fully saturated rings. The summed E-state index contributed by atoms with van der Waals surface area (Å²) in [7, 11) is 0. The number of aryl methyl sites for hydroxylation is 1. The lowest BCUT2D eigenvalue weighted by Crippen LogP contribution is -2.59. The first-order valence-corrected chi connectivity index (χ1v) is 20.7. The van der Waals surface area contributed by atoms with Crippen LogP contribution < -0.4 is 26.0 Å². The maximum atomic E-state index is 9.36. The minimum atomic E-state index is -2.73. The fraction of sp³-hybridized carbons (Fsp3) is 0.0172. The third-order valence-corrected chi connectivity index (χ3v) is 11.9. The number of hydrogen-bond acceptors (Lipinski definition) is 5. The van der Waals surface area contributed by atoms with Crippen molar-refractivity contribution in [3.05, 3.63) is 218 Å². The van der Waals surface area contributed by atoms with Crippen molar-refractivity contribution in [2.45, 2.75) is 6.85 Å². The van der Waals surface area contributed by atoms with Gasteiger partial charge in [-0.05, 0) is 94.5 Å². The van der Waals surface area contributed by atoms with E-state index < -0.39 is 92.1 Å². The molecule has 4 heterocycles. The molecule has 6 nitrogen and oxygen atoms in total. The van der Waals surface area contributed by atoms with E-state index in [1.165, 1.54) is 10.6 Å². The molecule has 2 aliphatic rings. The van der Waals surface area contributed by atoms with Gasteiger partial charge in [-0.3, -0.25) is 0 Å². The van der Waals surface area contributed by atoms with Gasteiger partial charge in [0.05, 0.1) is 34.5 Å². The number of rotatable bonds is 6. The SMILES string of the molecule is [2H]c1c([2H])c([2H])c(-c2ccc3c(c2)Oc2cc(C([2H])([2H])[2H])cc4c2B3c2ccc(-n3c5c([2H])c([2H])c([2H])c([2H])c5c5c([2H])c([2H])c([2H])c([2H])c53)cc2N4c2ccccc2-c2nc(-c3ccccc3)nc(-c3ccccc3)n2)c([2H])c1[2H]. The predicted octanol–water partition coefficient (Wildman–Crippen LogP) is 12.4. The molecule has 65 heavy (non-hydrogen) atoms. The van der Waals surface area contributed by atoms with Crippen molar-refractivity contribution in [1.29, 1.82) is 0 Å². The number of fused-ring (bicyclic) bond motifs is 7. The Morgan fingerprint density at radius 2 is 1.12 bits per heavy atom. The maximum Gasteiger partial charge on any atom is 0.256 e. The highest BCUT2D eigenvalue weighted by Crippen LogP contribution is 2.46. The normalized spacial score (nSPS) is 16.1. The number of ether oxygens (including phenoxy) is 1. The summed E-state index contributed by atoms with van der Waals surface area (Å²) < 4.78 is 150. The zero-order valence-electron chi connectivity index (χ0n) is 49.9. The zero-order chi connectivity index (χ0) is 56.8. The van der Waals surface area contributed by atoms with Crippen LogP contribution in [0.1, 0.15) is 27.5 Å². The molecular weight excluding hydrogens is 793 g/mol. The Morgan fingerprint density at radius 1 is 0.492 bits per heavy atom. The molecule has 0 amide bonds. The van der Waals surface area contributed by atoms with E-state index in [9.17, 15) is 2.74 Å². The molecule has 7 heteroatoms. The average Bonchev–Trinajstić information content (AvgIpc) is 4.07. The monoisotopic (exact) mass is 847 g/mol. The second-order valence-electron chi connectivity index (χ2n) is 15.6. The number of hydrogen-bond donors (Lipinski definition) is 0. The molecule has 0 saturated heterocycles. The topological polar surface area (TPSA) is 56.1 Å². The Hall–Kier alpha value is -8.55. The molecule has 0 radical (unpaired) electrons. The first-order chi connectivity index (χ1) is 38.7. The lowest BCUT2D eigenvalue weighted by molar-refractivity contribution is 0.487. The summed E-state index contributed by atoms with van der Waals surface area (Å²) in [4.78, 5) is 17.0. The van der Waals surface area contributed by atoms with Crippen molar-refractivity contribution in [2.75, 3.05) is 4.90 Å². The van der Waals surface area contributed by atoms with Gasteiger partial charge in [-0.2, -0.15) is 0 Å². The van der Waals surface area contributed by atoms with E-state index in [1.54, 1.807) is 48.5 Å². The first-order valence-electron chi connectivity index (χ1n) is 28.7. The first kappa shape index (κ1) is 24.3. The lowest BCUT2D eigenvalue weighted by Gasteiger charge is -2.41. The molecule has 304 valence electrons. The third-order valence-electron chi connectivity index (χ3n) is 11.9. The molecule has 13 rings (SSSR count). The Kier molecular flexibility index (Phi) is 5.54. The van der Waals surface area contributed by atoms with Crippen LogP contribution in [0.5, 0.6) is 11.5 Å². The van der Waals surface area contributed by atoms with Crippen molar-refractivity contribution in [2.24, 2.45) is 0 Å². The molecule has 0 atom stereocenters. The van der Waals surface area contributed by atoms with Gasteiger partial charge in [-0.15, -0.1) is 0 Å². The van der Waals surface area contributed by atoms with E-state index in [2.05, 4.69) is 0 Å². The zero-order valence-corrected chi connectivity index (χ0v) is 33.9. The summed E-state index contributed by atoms with van der Waals surface area (Å²) in [6.07, 6.45) is 0. The van der Waals surface area contributed by atoms with E-state index in [4.69, 9.17) is 38.9 Å². The fourth-order valence-electron chi connectivity index (χ4n) is 9.14. The maximum absolute atomic E-state index is 9.36. The van der Waals surface area contributed by atoms with Crippen LogP contribution in [-0.2, 0) is 0 Å². The molecule has 0 unspecified atom stereocenters. The minimum Gasteiger partial charge on any atom is -0.458 e. The van der Waals surface area contributed by atoms with Crippen molar-refractivity contribution < 1.29 is 26.7 Å². The second kappa shape index (κ2) is 14.8. The fourth-order valence-corrected chi connectivity index (χ4v) is 9.14. The number of aromatic nitrogens is 4. The molecule has 0 N–H and O–H groups in total. The summed E-state index contributed by atoms with van der Waals surface area (Å²) in [6.45, 7) is -3.50. The second-order valence-corrected chi connectivity index (χ2v) is 15.6. The van der Waals surface area contributed by atoms with Crippen LogP contribution in [0, 0.1) is 6.85 Å². The standard InChI is InChI=1S/C58H38BN5O/c1-37-33-52-55-54(34-37)65-53-35-41(38-17-5-2-6-18-38)29-31-47(53)59(55)46-32-30-42(63-48-26-14-11-23-43(48)44-24-12-15-27-49(44)63)36-51(46)64(52)50-28-16-13-25-45(50)58-61-56(39-19-7-3-8-20-39)60-57(62-58)40-21-9-4-10-22-40/h2-36H,1H3/i1D3,2D,5D,6D,11D,12D,14D,15D,17D,18D,23D,24D,26D,27D. The molecular formula is C58H38BN5O. The highest BCUT2D eigenvalue weighted by Gasteiger charge is 2.43. The van der Waals surface area contributed by atoms with Crippen LogP contribution in [0.3, 0.4) is 0 Å². The van der Waals surface area contributed by atoms with Gasteiger partial charge in [-0.1, -0.05) is 157 Å². The van der Waals surface area contributed by atoms with Crippen molar-refractivity contribution in [3.63, 3.8) is 0 Å². The molecule has 11 aromatic rings. The molecule has 0 saturated carbocycles. The quantitative estimate of drug-likeness (QED) is 0.156. The Labute approximate surface area is 399 Å². The van der Waals surface area contributed by atoms with E-state index in [-0.39, 0.29) is 61.5 Å². The van der Waals surface area contributed by atoms with Gasteiger partial charge in [0.15, 0.2) is 17.5 Å². The predicted molar refractivity (Wildman–Crippen MR) is 267 cm³/mol. The number of benzene rings is 9. The van der Waals surface area contributed by atoms with Crippen molar-refractivity contribution in [1.82, 2.24) is 19.5 Å². The summed E-state index contributed by atoms with van der Waals surface area (Å²) in [5, 5.41) is -0.237. The van der Waals surface area contributed by atoms with E-state index >= 15 is 0 Å². The van der Waals surface area contributed by atoms with Gasteiger partial charge in [0.1, 0.15) is 11.5 Å². The Balaban J connectivity index is 1.14. The van der Waals surface area contributed by atoms with Crippen LogP contribution in [0.2, 0.25) is 0 Å². The van der Waals surface area contributed by atoms with E-state index in [0.29, 0.717) is 61.8 Å². The van der Waals surface area contributed by atoms with Gasteiger partial charge in [0.2, 0.25) is 0 Å². The number of para-hydroxylation sites is 3. The Morgan fingerprint density at radius 3 is 1.83 bits per heavy atom. The molecule has 0 aliphatic carbocycles.